The van der Waals surface area contributed by atoms with Gasteiger partial charge in [0.15, 0.2) is 5.16 Å². The summed E-state index contributed by atoms with van der Waals surface area (Å²) in [6, 6.07) is 3.47. The first-order valence-corrected chi connectivity index (χ1v) is 9.52. The minimum atomic E-state index is -1.36. The number of carbonyl (C=O) groups is 1. The third kappa shape index (κ3) is 3.26. The Hall–Kier alpha value is -2.54. The third-order valence-corrected chi connectivity index (χ3v) is 5.86. The van der Waals surface area contributed by atoms with Gasteiger partial charge in [-0.3, -0.25) is 9.19 Å². The lowest BCUT2D eigenvalue weighted by Gasteiger charge is -2.09. The number of aromatic amines is 1. The summed E-state index contributed by atoms with van der Waals surface area (Å²) in [5.41, 5.74) is 6.69. The lowest BCUT2D eigenvalue weighted by atomic mass is 10.1. The first kappa shape index (κ1) is 18.3. The van der Waals surface area contributed by atoms with Crippen LogP contribution in [0.2, 0.25) is 0 Å². The Morgan fingerprint density at radius 3 is 2.58 bits per heavy atom. The van der Waals surface area contributed by atoms with Gasteiger partial charge >= 0.3 is 5.97 Å². The predicted octanol–water partition coefficient (Wildman–Crippen LogP) is 3.29. The summed E-state index contributed by atoms with van der Waals surface area (Å²) in [4.78, 5) is 23.8. The zero-order valence-corrected chi connectivity index (χ0v) is 16.3. The molecule has 0 spiro atoms. The van der Waals surface area contributed by atoms with Crippen molar-refractivity contribution in [2.24, 2.45) is 0 Å². The van der Waals surface area contributed by atoms with E-state index in [0.717, 1.165) is 33.5 Å². The van der Waals surface area contributed by atoms with E-state index < -0.39 is 16.8 Å². The molecular formula is C19H21N3O3S. The molecule has 0 saturated carbocycles. The summed E-state index contributed by atoms with van der Waals surface area (Å²) < 4.78 is 17.6. The standard InChI is InChI=1S/C19H21N3O3S/c1-10-6-15-16(7-14(10)18(23)25-5)22-19(21-15)26(24)9-17-13(4)12(3)11(2)8-20-17/h6-8H,9H2,1-5H3,(H,21,22). The molecule has 3 aromatic rings. The largest absolute Gasteiger partial charge is 0.465 e. The van der Waals surface area contributed by atoms with Crippen molar-refractivity contribution in [1.82, 2.24) is 15.0 Å². The molecule has 1 aromatic carbocycles. The number of nitrogens with zero attached hydrogens (tertiary/aromatic N) is 2. The SMILES string of the molecule is COC(=O)c1cc2nc(S(=O)Cc3ncc(C)c(C)c3C)[nH]c2cc1C. The van der Waals surface area contributed by atoms with Crippen LogP contribution in [0.5, 0.6) is 0 Å². The molecule has 2 aromatic heterocycles. The van der Waals surface area contributed by atoms with Crippen molar-refractivity contribution in [1.29, 1.82) is 0 Å². The quantitative estimate of drug-likeness (QED) is 0.712. The molecule has 2 heterocycles. The van der Waals surface area contributed by atoms with Gasteiger partial charge in [-0.2, -0.15) is 0 Å². The van der Waals surface area contributed by atoms with Crippen LogP contribution in [-0.2, 0) is 21.3 Å². The molecule has 0 saturated heterocycles. The molecule has 7 heteroatoms. The first-order valence-electron chi connectivity index (χ1n) is 8.20. The summed E-state index contributed by atoms with van der Waals surface area (Å²) >= 11 is 0. The molecule has 0 amide bonds. The fourth-order valence-corrected chi connectivity index (χ4v) is 3.90. The Labute approximate surface area is 154 Å². The maximum Gasteiger partial charge on any atom is 0.338 e. The normalized spacial score (nSPS) is 12.3. The van der Waals surface area contributed by atoms with Crippen molar-refractivity contribution >= 4 is 27.8 Å². The van der Waals surface area contributed by atoms with Crippen molar-refractivity contribution in [2.75, 3.05) is 7.11 Å². The molecule has 6 nitrogen and oxygen atoms in total. The monoisotopic (exact) mass is 371 g/mol. The van der Waals surface area contributed by atoms with Crippen LogP contribution in [0.15, 0.2) is 23.5 Å². The number of benzene rings is 1. The predicted molar refractivity (Wildman–Crippen MR) is 101 cm³/mol. The lowest BCUT2D eigenvalue weighted by Crippen LogP contribution is -2.04. The average Bonchev–Trinajstić information content (AvgIpc) is 3.03. The average molecular weight is 371 g/mol. The minimum Gasteiger partial charge on any atom is -0.465 e. The number of hydrogen-bond acceptors (Lipinski definition) is 5. The lowest BCUT2D eigenvalue weighted by molar-refractivity contribution is 0.0600. The molecule has 0 aliphatic heterocycles. The highest BCUT2D eigenvalue weighted by Crippen LogP contribution is 2.22. The molecule has 0 aliphatic rings. The van der Waals surface area contributed by atoms with E-state index in [2.05, 4.69) is 15.0 Å². The number of H-pyrrole nitrogens is 1. The molecule has 26 heavy (non-hydrogen) atoms. The van der Waals surface area contributed by atoms with Crippen LogP contribution in [0.3, 0.4) is 0 Å². The third-order valence-electron chi connectivity index (χ3n) is 4.70. The molecule has 0 fully saturated rings. The van der Waals surface area contributed by atoms with E-state index >= 15 is 0 Å². The summed E-state index contributed by atoms with van der Waals surface area (Å²) in [6.45, 7) is 7.87. The van der Waals surface area contributed by atoms with Crippen LogP contribution < -0.4 is 0 Å². The summed E-state index contributed by atoms with van der Waals surface area (Å²) in [7, 11) is -0.0201. The van der Waals surface area contributed by atoms with Gasteiger partial charge in [0.25, 0.3) is 0 Å². The van der Waals surface area contributed by atoms with Gasteiger partial charge in [-0.25, -0.2) is 9.78 Å². The number of pyridine rings is 1. The molecule has 1 atom stereocenters. The molecule has 1 unspecified atom stereocenters. The molecule has 3 rings (SSSR count). The Kier molecular flexibility index (Phi) is 4.91. The van der Waals surface area contributed by atoms with E-state index in [9.17, 15) is 9.00 Å². The smallest absolute Gasteiger partial charge is 0.338 e. The van der Waals surface area contributed by atoms with Crippen molar-refractivity contribution in [3.63, 3.8) is 0 Å². The number of ether oxygens (including phenoxy) is 1. The Balaban J connectivity index is 1.94. The number of hydrogen-bond donors (Lipinski definition) is 1. The molecule has 0 radical (unpaired) electrons. The Morgan fingerprint density at radius 2 is 1.88 bits per heavy atom. The van der Waals surface area contributed by atoms with Gasteiger partial charge in [0.2, 0.25) is 0 Å². The van der Waals surface area contributed by atoms with Crippen molar-refractivity contribution in [3.05, 3.63) is 51.8 Å². The maximum absolute atomic E-state index is 12.8. The van der Waals surface area contributed by atoms with Gasteiger partial charge in [-0.05, 0) is 62.1 Å². The van der Waals surface area contributed by atoms with Gasteiger partial charge < -0.3 is 9.72 Å². The van der Waals surface area contributed by atoms with Gasteiger partial charge in [-0.1, -0.05) is 0 Å². The number of esters is 1. The Bertz CT molecular complexity index is 1040. The van der Waals surface area contributed by atoms with E-state index in [4.69, 9.17) is 4.74 Å². The fourth-order valence-electron chi connectivity index (χ4n) is 2.80. The van der Waals surface area contributed by atoms with Crippen LogP contribution in [0.4, 0.5) is 0 Å². The molecule has 1 N–H and O–H groups in total. The highest BCUT2D eigenvalue weighted by atomic mass is 32.2. The number of aromatic nitrogens is 3. The summed E-state index contributed by atoms with van der Waals surface area (Å²) in [5.74, 6) is -0.125. The van der Waals surface area contributed by atoms with E-state index in [1.807, 2.05) is 33.8 Å². The zero-order chi connectivity index (χ0) is 19.0. The first-order chi connectivity index (χ1) is 12.3. The van der Waals surface area contributed by atoms with Crippen LogP contribution in [-0.4, -0.2) is 32.2 Å². The van der Waals surface area contributed by atoms with Gasteiger partial charge in [0, 0.05) is 6.20 Å². The molecule has 0 bridgehead atoms. The van der Waals surface area contributed by atoms with E-state index in [0.29, 0.717) is 16.2 Å². The zero-order valence-electron chi connectivity index (χ0n) is 15.5. The highest BCUT2D eigenvalue weighted by Gasteiger charge is 2.17. The number of fused-ring (bicyclic) bond motifs is 1. The van der Waals surface area contributed by atoms with Crippen molar-refractivity contribution in [3.8, 4) is 0 Å². The summed E-state index contributed by atoms with van der Waals surface area (Å²) in [5, 5.41) is 0.376. The topological polar surface area (TPSA) is 84.9 Å². The van der Waals surface area contributed by atoms with Gasteiger partial charge in [0.1, 0.15) is 0 Å². The van der Waals surface area contributed by atoms with Gasteiger partial charge in [-0.15, -0.1) is 0 Å². The second-order valence-corrected chi connectivity index (χ2v) is 7.71. The number of aryl methyl sites for hydroxylation is 2. The van der Waals surface area contributed by atoms with E-state index in [1.165, 1.54) is 7.11 Å². The van der Waals surface area contributed by atoms with E-state index in [1.54, 1.807) is 12.3 Å². The molecule has 0 aliphatic carbocycles. The van der Waals surface area contributed by atoms with Crippen LogP contribution in [0.1, 0.15) is 38.3 Å². The fraction of sp³-hybridized carbons (Fsp3) is 0.316. The highest BCUT2D eigenvalue weighted by molar-refractivity contribution is 7.84. The second-order valence-electron chi connectivity index (χ2n) is 6.35. The van der Waals surface area contributed by atoms with Crippen molar-refractivity contribution in [2.45, 2.75) is 38.6 Å². The molecular weight excluding hydrogens is 350 g/mol. The Morgan fingerprint density at radius 1 is 1.15 bits per heavy atom. The number of nitrogens with one attached hydrogen (secondary N) is 1. The van der Waals surface area contributed by atoms with Crippen molar-refractivity contribution < 1.29 is 13.7 Å². The second kappa shape index (κ2) is 6.99. The van der Waals surface area contributed by atoms with Crippen LogP contribution >= 0.6 is 0 Å². The van der Waals surface area contributed by atoms with Crippen LogP contribution in [0.25, 0.3) is 11.0 Å². The number of rotatable bonds is 4. The number of methoxy groups -OCH3 is 1. The van der Waals surface area contributed by atoms with Gasteiger partial charge in [0.05, 0.1) is 46.0 Å². The maximum atomic E-state index is 12.8. The minimum absolute atomic E-state index is 0.287. The molecule has 136 valence electrons. The summed E-state index contributed by atoms with van der Waals surface area (Å²) in [6.07, 6.45) is 1.81. The van der Waals surface area contributed by atoms with Crippen LogP contribution in [0, 0.1) is 27.7 Å². The number of carbonyl (C=O) groups excluding carboxylic acids is 1. The van der Waals surface area contributed by atoms with E-state index in [-0.39, 0.29) is 5.75 Å². The number of imidazole rings is 1.